The van der Waals surface area contributed by atoms with Gasteiger partial charge in [-0.15, -0.1) is 11.3 Å². The summed E-state index contributed by atoms with van der Waals surface area (Å²) in [6.07, 6.45) is 10.1. The van der Waals surface area contributed by atoms with Crippen molar-refractivity contribution in [2.75, 3.05) is 5.32 Å². The number of ether oxygens (including phenoxy) is 1. The lowest BCUT2D eigenvalue weighted by Crippen LogP contribution is -2.43. The van der Waals surface area contributed by atoms with E-state index in [-0.39, 0.29) is 18.3 Å². The summed E-state index contributed by atoms with van der Waals surface area (Å²) in [6.45, 7) is 0. The summed E-state index contributed by atoms with van der Waals surface area (Å²) in [5.41, 5.74) is 1.13. The fraction of sp³-hybridized carbons (Fsp3) is 0.650. The monoisotopic (exact) mass is 372 g/mol. The van der Waals surface area contributed by atoms with Crippen LogP contribution in [0.25, 0.3) is 0 Å². The molecule has 138 valence electrons. The van der Waals surface area contributed by atoms with Gasteiger partial charge in [0.15, 0.2) is 0 Å². The summed E-state index contributed by atoms with van der Waals surface area (Å²) in [7, 11) is 0. The third-order valence-electron chi connectivity index (χ3n) is 6.11. The molecule has 0 bridgehead atoms. The van der Waals surface area contributed by atoms with Gasteiger partial charge in [-0.25, -0.2) is 0 Å². The first kappa shape index (κ1) is 17.5. The van der Waals surface area contributed by atoms with Crippen LogP contribution in [-0.2, 0) is 27.2 Å². The summed E-state index contributed by atoms with van der Waals surface area (Å²) in [6, 6.07) is 2.30. The Morgan fingerprint density at radius 2 is 1.88 bits per heavy atom. The minimum atomic E-state index is -0.624. The minimum absolute atomic E-state index is 0.152. The van der Waals surface area contributed by atoms with Gasteiger partial charge in [0.25, 0.3) is 0 Å². The Morgan fingerprint density at radius 1 is 1.15 bits per heavy atom. The zero-order chi connectivity index (χ0) is 18.1. The highest BCUT2D eigenvalue weighted by Gasteiger charge is 2.53. The number of nitrogens with one attached hydrogen (secondary N) is 1. The molecule has 0 aromatic carbocycles. The Hall–Kier alpha value is -1.87. The van der Waals surface area contributed by atoms with Crippen LogP contribution < -0.4 is 5.32 Å². The lowest BCUT2D eigenvalue weighted by atomic mass is 9.75. The number of rotatable bonds is 2. The lowest BCUT2D eigenvalue weighted by molar-refractivity contribution is -0.153. The van der Waals surface area contributed by atoms with Gasteiger partial charge < -0.3 is 10.1 Å². The van der Waals surface area contributed by atoms with Crippen LogP contribution in [0.15, 0.2) is 0 Å². The number of hydrogen-bond donors (Lipinski definition) is 1. The van der Waals surface area contributed by atoms with E-state index in [4.69, 9.17) is 4.74 Å². The zero-order valence-corrected chi connectivity index (χ0v) is 15.8. The van der Waals surface area contributed by atoms with Crippen molar-refractivity contribution in [2.45, 2.75) is 76.2 Å². The number of amides is 1. The second-order valence-electron chi connectivity index (χ2n) is 7.73. The van der Waals surface area contributed by atoms with Crippen molar-refractivity contribution in [3.8, 4) is 6.07 Å². The summed E-state index contributed by atoms with van der Waals surface area (Å²) in [5.74, 6) is -0.871. The molecule has 3 aliphatic rings. The molecule has 1 aromatic rings. The average molecular weight is 372 g/mol. The molecule has 2 fully saturated rings. The van der Waals surface area contributed by atoms with Crippen LogP contribution in [0.1, 0.15) is 73.8 Å². The van der Waals surface area contributed by atoms with Crippen LogP contribution in [-0.4, -0.2) is 17.5 Å². The number of thiophene rings is 1. The zero-order valence-electron chi connectivity index (χ0n) is 14.9. The van der Waals surface area contributed by atoms with Crippen molar-refractivity contribution < 1.29 is 14.3 Å². The van der Waals surface area contributed by atoms with Gasteiger partial charge in [0.05, 0.1) is 17.9 Å². The molecule has 4 rings (SSSR count). The number of fused-ring (bicyclic) bond motifs is 1. The first-order chi connectivity index (χ1) is 12.6. The molecule has 2 aliphatic carbocycles. The maximum Gasteiger partial charge on any atom is 0.307 e. The Labute approximate surface area is 157 Å². The first-order valence-electron chi connectivity index (χ1n) is 9.70. The number of anilines is 1. The van der Waals surface area contributed by atoms with E-state index in [1.807, 2.05) is 0 Å². The van der Waals surface area contributed by atoms with Crippen LogP contribution in [0, 0.1) is 17.2 Å². The SMILES string of the molecule is N#Cc1c(NC(=O)C2CC(=O)OC23CCCCC3)sc2c1CCCCC2. The standard InChI is InChI=1S/C20H24N2O3S/c21-12-14-13-7-3-1-4-8-16(13)26-19(14)22-18(24)15-11-17(23)25-20(15)9-5-2-6-10-20/h15H,1-11H2,(H,22,24). The summed E-state index contributed by atoms with van der Waals surface area (Å²) >= 11 is 1.54. The van der Waals surface area contributed by atoms with Gasteiger partial charge >= 0.3 is 5.97 Å². The van der Waals surface area contributed by atoms with Crippen molar-refractivity contribution in [3.63, 3.8) is 0 Å². The number of nitrogens with zero attached hydrogens (tertiary/aromatic N) is 1. The molecule has 1 atom stereocenters. The Bertz CT molecular complexity index is 771. The van der Waals surface area contributed by atoms with Crippen molar-refractivity contribution in [3.05, 3.63) is 16.0 Å². The second kappa shape index (κ2) is 7.03. The number of aryl methyl sites for hydroxylation is 1. The van der Waals surface area contributed by atoms with Crippen LogP contribution >= 0.6 is 11.3 Å². The molecule has 0 radical (unpaired) electrons. The molecule has 2 heterocycles. The minimum Gasteiger partial charge on any atom is -0.458 e. The Morgan fingerprint density at radius 3 is 2.65 bits per heavy atom. The van der Waals surface area contributed by atoms with E-state index < -0.39 is 11.5 Å². The van der Waals surface area contributed by atoms with Gasteiger partial charge in [-0.3, -0.25) is 9.59 Å². The van der Waals surface area contributed by atoms with Crippen LogP contribution in [0.5, 0.6) is 0 Å². The van der Waals surface area contributed by atoms with Gasteiger partial charge in [0, 0.05) is 4.88 Å². The molecule has 1 aliphatic heterocycles. The number of carbonyl (C=O) groups is 2. The van der Waals surface area contributed by atoms with Crippen molar-refractivity contribution in [2.24, 2.45) is 5.92 Å². The molecular formula is C20H24N2O3S. The third-order valence-corrected chi connectivity index (χ3v) is 7.32. The third kappa shape index (κ3) is 3.03. The fourth-order valence-electron chi connectivity index (χ4n) is 4.77. The lowest BCUT2D eigenvalue weighted by Gasteiger charge is -2.35. The molecule has 1 amide bonds. The summed E-state index contributed by atoms with van der Waals surface area (Å²) in [4.78, 5) is 26.2. The molecule has 1 unspecified atom stereocenters. The highest BCUT2D eigenvalue weighted by atomic mass is 32.1. The Balaban J connectivity index is 1.58. The largest absolute Gasteiger partial charge is 0.458 e. The first-order valence-corrected chi connectivity index (χ1v) is 10.5. The molecule has 1 spiro atoms. The molecule has 1 saturated heterocycles. The summed E-state index contributed by atoms with van der Waals surface area (Å²) < 4.78 is 5.65. The summed E-state index contributed by atoms with van der Waals surface area (Å²) in [5, 5.41) is 13.3. The molecule has 1 saturated carbocycles. The number of nitriles is 1. The van der Waals surface area contributed by atoms with Gasteiger partial charge in [0.1, 0.15) is 16.7 Å². The smallest absolute Gasteiger partial charge is 0.307 e. The fourth-order valence-corrected chi connectivity index (χ4v) is 6.02. The predicted molar refractivity (Wildman–Crippen MR) is 98.9 cm³/mol. The molecular weight excluding hydrogens is 348 g/mol. The highest BCUT2D eigenvalue weighted by molar-refractivity contribution is 7.16. The predicted octanol–water partition coefficient (Wildman–Crippen LogP) is 4.09. The van der Waals surface area contributed by atoms with Gasteiger partial charge in [-0.05, 0) is 56.9 Å². The average Bonchev–Trinajstić information content (AvgIpc) is 3.02. The quantitative estimate of drug-likeness (QED) is 0.626. The van der Waals surface area contributed by atoms with Gasteiger partial charge in [-0.1, -0.05) is 12.8 Å². The van der Waals surface area contributed by atoms with Crippen LogP contribution in [0.4, 0.5) is 5.00 Å². The van der Waals surface area contributed by atoms with E-state index in [0.717, 1.165) is 63.4 Å². The van der Waals surface area contributed by atoms with E-state index in [0.29, 0.717) is 10.6 Å². The molecule has 6 heteroatoms. The van der Waals surface area contributed by atoms with Crippen molar-refractivity contribution in [1.82, 2.24) is 0 Å². The normalized spacial score (nSPS) is 24.4. The van der Waals surface area contributed by atoms with Gasteiger partial charge in [-0.2, -0.15) is 5.26 Å². The maximum absolute atomic E-state index is 13.0. The molecule has 1 N–H and O–H groups in total. The van der Waals surface area contributed by atoms with E-state index in [1.165, 1.54) is 11.3 Å². The van der Waals surface area contributed by atoms with Crippen LogP contribution in [0.2, 0.25) is 0 Å². The number of esters is 1. The van der Waals surface area contributed by atoms with E-state index in [9.17, 15) is 14.9 Å². The highest BCUT2D eigenvalue weighted by Crippen LogP contribution is 2.45. The van der Waals surface area contributed by atoms with Gasteiger partial charge in [0.2, 0.25) is 5.91 Å². The second-order valence-corrected chi connectivity index (χ2v) is 8.83. The van der Waals surface area contributed by atoms with Crippen molar-refractivity contribution >= 4 is 28.2 Å². The number of carbonyl (C=O) groups excluding carboxylic acids is 2. The van der Waals surface area contributed by atoms with Crippen molar-refractivity contribution in [1.29, 1.82) is 5.26 Å². The van der Waals surface area contributed by atoms with E-state index >= 15 is 0 Å². The molecule has 5 nitrogen and oxygen atoms in total. The van der Waals surface area contributed by atoms with Crippen LogP contribution in [0.3, 0.4) is 0 Å². The Kier molecular flexibility index (Phi) is 4.74. The topological polar surface area (TPSA) is 79.2 Å². The van der Waals surface area contributed by atoms with E-state index in [1.54, 1.807) is 11.3 Å². The maximum atomic E-state index is 13.0. The molecule has 1 aromatic heterocycles. The molecule has 26 heavy (non-hydrogen) atoms. The number of hydrogen-bond acceptors (Lipinski definition) is 5. The van der Waals surface area contributed by atoms with E-state index in [2.05, 4.69) is 11.4 Å².